The lowest BCUT2D eigenvalue weighted by atomic mass is 10.1. The summed E-state index contributed by atoms with van der Waals surface area (Å²) in [5.41, 5.74) is 4.64. The van der Waals surface area contributed by atoms with E-state index in [2.05, 4.69) is 10.2 Å². The van der Waals surface area contributed by atoms with Crippen molar-refractivity contribution in [2.75, 3.05) is 12.8 Å². The fraction of sp³-hybridized carbons (Fsp3) is 0.185. The summed E-state index contributed by atoms with van der Waals surface area (Å²) < 4.78 is 3.43. The molecule has 5 aromatic rings. The molecule has 5 rings (SSSR count). The number of fused-ring (bicyclic) bond motifs is 3. The van der Waals surface area contributed by atoms with Crippen LogP contribution in [0.1, 0.15) is 16.7 Å². The Bertz CT molecular complexity index is 1590. The van der Waals surface area contributed by atoms with E-state index in [-0.39, 0.29) is 17.2 Å². The molecular formula is C27H25N5O2S. The number of aromatic nitrogens is 4. The molecule has 0 unspecified atom stereocenters. The van der Waals surface area contributed by atoms with Crippen molar-refractivity contribution in [3.63, 3.8) is 0 Å². The minimum absolute atomic E-state index is 0.0107. The Balaban J connectivity index is 1.48. The second-order valence-corrected chi connectivity index (χ2v) is 9.58. The Morgan fingerprint density at radius 2 is 1.57 bits per heavy atom. The van der Waals surface area contributed by atoms with Gasteiger partial charge in [0.05, 0.1) is 22.3 Å². The van der Waals surface area contributed by atoms with E-state index >= 15 is 0 Å². The summed E-state index contributed by atoms with van der Waals surface area (Å²) >= 11 is 1.32. The highest BCUT2D eigenvalue weighted by Gasteiger charge is 2.19. The lowest BCUT2D eigenvalue weighted by molar-refractivity contribution is -0.127. The smallest absolute Gasteiger partial charge is 0.267 e. The molecule has 0 radical (unpaired) electrons. The molecule has 0 atom stereocenters. The SMILES string of the molecule is Cc1ccc(CN(C)C(=O)CSc2nnc3n(-c4ccc(C)cc4)c(=O)c4ccccc4n23)cc1. The van der Waals surface area contributed by atoms with Crippen molar-refractivity contribution in [2.45, 2.75) is 25.5 Å². The molecule has 0 spiro atoms. The number of rotatable bonds is 6. The number of carbonyl (C=O) groups is 1. The lowest BCUT2D eigenvalue weighted by Gasteiger charge is -2.17. The Kier molecular flexibility index (Phi) is 6.13. The van der Waals surface area contributed by atoms with E-state index < -0.39 is 0 Å². The van der Waals surface area contributed by atoms with Gasteiger partial charge in [-0.2, -0.15) is 0 Å². The van der Waals surface area contributed by atoms with Crippen molar-refractivity contribution >= 4 is 34.3 Å². The van der Waals surface area contributed by atoms with Gasteiger partial charge in [0.25, 0.3) is 5.56 Å². The molecule has 0 bridgehead atoms. The van der Waals surface area contributed by atoms with E-state index in [9.17, 15) is 9.59 Å². The van der Waals surface area contributed by atoms with E-state index in [0.717, 1.165) is 11.1 Å². The number of hydrogen-bond donors (Lipinski definition) is 0. The van der Waals surface area contributed by atoms with Gasteiger partial charge in [-0.15, -0.1) is 10.2 Å². The topological polar surface area (TPSA) is 72.5 Å². The van der Waals surface area contributed by atoms with E-state index in [1.54, 1.807) is 22.6 Å². The first-order valence-corrected chi connectivity index (χ1v) is 12.3. The van der Waals surface area contributed by atoms with Crippen molar-refractivity contribution in [3.05, 3.63) is 99.8 Å². The number of carbonyl (C=O) groups excluding carboxylic acids is 1. The molecule has 0 aliphatic rings. The summed E-state index contributed by atoms with van der Waals surface area (Å²) in [7, 11) is 1.80. The molecule has 2 heterocycles. The van der Waals surface area contributed by atoms with Crippen LogP contribution in [0.25, 0.3) is 22.4 Å². The molecule has 8 heteroatoms. The summed E-state index contributed by atoms with van der Waals surface area (Å²) in [6, 6.07) is 23.3. The molecule has 0 saturated heterocycles. The molecule has 176 valence electrons. The average molecular weight is 484 g/mol. The minimum Gasteiger partial charge on any atom is -0.341 e. The third-order valence-corrected chi connectivity index (χ3v) is 6.89. The van der Waals surface area contributed by atoms with Gasteiger partial charge in [-0.1, -0.05) is 71.4 Å². The Labute approximate surface area is 207 Å². The van der Waals surface area contributed by atoms with E-state index in [4.69, 9.17) is 0 Å². The van der Waals surface area contributed by atoms with Crippen LogP contribution in [0.4, 0.5) is 0 Å². The number of hydrogen-bond acceptors (Lipinski definition) is 5. The quantitative estimate of drug-likeness (QED) is 0.335. The van der Waals surface area contributed by atoms with Crippen LogP contribution in [0.5, 0.6) is 0 Å². The van der Waals surface area contributed by atoms with Crippen LogP contribution < -0.4 is 5.56 Å². The highest BCUT2D eigenvalue weighted by atomic mass is 32.2. The first-order chi connectivity index (χ1) is 16.9. The number of amides is 1. The van der Waals surface area contributed by atoms with Gasteiger partial charge in [0.1, 0.15) is 0 Å². The molecule has 0 N–H and O–H groups in total. The van der Waals surface area contributed by atoms with Gasteiger partial charge >= 0.3 is 0 Å². The van der Waals surface area contributed by atoms with Crippen molar-refractivity contribution < 1.29 is 4.79 Å². The largest absolute Gasteiger partial charge is 0.341 e. The highest BCUT2D eigenvalue weighted by molar-refractivity contribution is 7.99. The predicted octanol–water partition coefficient (Wildman–Crippen LogP) is 4.40. The van der Waals surface area contributed by atoms with Gasteiger partial charge in [-0.05, 0) is 43.7 Å². The second kappa shape index (κ2) is 9.38. The van der Waals surface area contributed by atoms with Gasteiger partial charge in [0.2, 0.25) is 11.7 Å². The van der Waals surface area contributed by atoms with Crippen molar-refractivity contribution in [3.8, 4) is 5.69 Å². The summed E-state index contributed by atoms with van der Waals surface area (Å²) in [6.45, 7) is 4.58. The lowest BCUT2D eigenvalue weighted by Crippen LogP contribution is -2.27. The van der Waals surface area contributed by atoms with Crippen molar-refractivity contribution in [1.29, 1.82) is 0 Å². The van der Waals surface area contributed by atoms with Gasteiger partial charge in [0.15, 0.2) is 5.16 Å². The molecule has 7 nitrogen and oxygen atoms in total. The maximum atomic E-state index is 13.4. The van der Waals surface area contributed by atoms with Gasteiger partial charge < -0.3 is 4.90 Å². The zero-order valence-corrected chi connectivity index (χ0v) is 20.6. The fourth-order valence-corrected chi connectivity index (χ4v) is 4.87. The number of aryl methyl sites for hydroxylation is 2. The van der Waals surface area contributed by atoms with Gasteiger partial charge in [-0.3, -0.25) is 14.0 Å². The summed E-state index contributed by atoms with van der Waals surface area (Å²) in [5, 5.41) is 9.84. The number of thioether (sulfide) groups is 1. The highest BCUT2D eigenvalue weighted by Crippen LogP contribution is 2.23. The normalized spacial score (nSPS) is 11.3. The molecule has 0 fully saturated rings. The number of benzene rings is 3. The van der Waals surface area contributed by atoms with Gasteiger partial charge in [-0.25, -0.2) is 4.57 Å². The van der Waals surface area contributed by atoms with E-state index in [1.807, 2.05) is 85.0 Å². The zero-order chi connectivity index (χ0) is 24.5. The molecule has 1 amide bonds. The molecule has 35 heavy (non-hydrogen) atoms. The van der Waals surface area contributed by atoms with E-state index in [1.165, 1.54) is 17.3 Å². The standard InChI is InChI=1S/C27H25N5O2S/c1-18-8-12-20(13-9-18)16-30(3)24(33)17-35-27-29-28-26-31(21-14-10-19(2)11-15-21)25(34)22-6-4-5-7-23(22)32(26)27/h4-15H,16-17H2,1-3H3. The molecule has 3 aromatic carbocycles. The van der Waals surface area contributed by atoms with Crippen LogP contribution in [0.3, 0.4) is 0 Å². The maximum absolute atomic E-state index is 13.4. The van der Waals surface area contributed by atoms with Crippen LogP contribution in [0.15, 0.2) is 82.7 Å². The third kappa shape index (κ3) is 4.44. The molecule has 0 aliphatic carbocycles. The van der Waals surface area contributed by atoms with Crippen LogP contribution in [-0.4, -0.2) is 42.8 Å². The fourth-order valence-electron chi connectivity index (χ4n) is 3.99. The molecule has 2 aromatic heterocycles. The third-order valence-electron chi connectivity index (χ3n) is 5.98. The maximum Gasteiger partial charge on any atom is 0.267 e. The first-order valence-electron chi connectivity index (χ1n) is 11.3. The summed E-state index contributed by atoms with van der Waals surface area (Å²) in [5.74, 6) is 0.616. The Morgan fingerprint density at radius 3 is 2.29 bits per heavy atom. The number of para-hydroxylation sites is 1. The summed E-state index contributed by atoms with van der Waals surface area (Å²) in [6.07, 6.45) is 0. The van der Waals surface area contributed by atoms with Crippen molar-refractivity contribution in [2.24, 2.45) is 0 Å². The van der Waals surface area contributed by atoms with Crippen LogP contribution in [-0.2, 0) is 11.3 Å². The molecular weight excluding hydrogens is 458 g/mol. The second-order valence-electron chi connectivity index (χ2n) is 8.64. The molecule has 0 saturated carbocycles. The summed E-state index contributed by atoms with van der Waals surface area (Å²) in [4.78, 5) is 28.0. The predicted molar refractivity (Wildman–Crippen MR) is 139 cm³/mol. The Morgan fingerprint density at radius 1 is 0.914 bits per heavy atom. The molecule has 0 aliphatic heterocycles. The first kappa shape index (κ1) is 22.9. The van der Waals surface area contributed by atoms with Crippen LogP contribution in [0.2, 0.25) is 0 Å². The number of nitrogens with zero attached hydrogens (tertiary/aromatic N) is 5. The van der Waals surface area contributed by atoms with Crippen LogP contribution >= 0.6 is 11.8 Å². The van der Waals surface area contributed by atoms with Gasteiger partial charge in [0, 0.05) is 13.6 Å². The zero-order valence-electron chi connectivity index (χ0n) is 19.8. The van der Waals surface area contributed by atoms with Crippen LogP contribution in [0, 0.1) is 13.8 Å². The minimum atomic E-state index is -0.158. The Hall–Kier alpha value is -3.91. The average Bonchev–Trinajstić information content (AvgIpc) is 3.29. The monoisotopic (exact) mass is 483 g/mol. The van der Waals surface area contributed by atoms with Crippen molar-refractivity contribution in [1.82, 2.24) is 24.1 Å². The van der Waals surface area contributed by atoms with E-state index in [0.29, 0.717) is 34.1 Å².